The molecule has 27 heavy (non-hydrogen) atoms. The van der Waals surface area contributed by atoms with Crippen LogP contribution < -0.4 is 5.32 Å². The first-order valence-corrected chi connectivity index (χ1v) is 8.68. The van der Waals surface area contributed by atoms with Crippen molar-refractivity contribution >= 4 is 33.4 Å². The van der Waals surface area contributed by atoms with E-state index in [9.17, 15) is 18.0 Å². The lowest BCUT2D eigenvalue weighted by Crippen LogP contribution is -2.12. The number of aromatic nitrogens is 3. The van der Waals surface area contributed by atoms with Crippen LogP contribution in [0.25, 0.3) is 22.4 Å². The summed E-state index contributed by atoms with van der Waals surface area (Å²) in [5.41, 5.74) is 0.704. The van der Waals surface area contributed by atoms with Crippen molar-refractivity contribution in [3.8, 4) is 11.4 Å². The van der Waals surface area contributed by atoms with Gasteiger partial charge in [0.2, 0.25) is 0 Å². The van der Waals surface area contributed by atoms with Gasteiger partial charge in [0, 0.05) is 22.7 Å². The van der Waals surface area contributed by atoms with Gasteiger partial charge in [-0.15, -0.1) is 11.3 Å². The van der Waals surface area contributed by atoms with E-state index < -0.39 is 23.7 Å². The van der Waals surface area contributed by atoms with Crippen molar-refractivity contribution in [2.24, 2.45) is 0 Å². The molecule has 0 bridgehead atoms. The number of thiazole rings is 1. The van der Waals surface area contributed by atoms with Gasteiger partial charge >= 0.3 is 0 Å². The Morgan fingerprint density at radius 2 is 2.07 bits per heavy atom. The maximum Gasteiger partial charge on any atom is 0.264 e. The van der Waals surface area contributed by atoms with E-state index in [0.29, 0.717) is 16.2 Å². The summed E-state index contributed by atoms with van der Waals surface area (Å²) in [6, 6.07) is 8.02. The van der Waals surface area contributed by atoms with Crippen LogP contribution in [0.4, 0.5) is 18.3 Å². The lowest BCUT2D eigenvalue weighted by Gasteiger charge is -2.06. The average Bonchev–Trinajstić information content (AvgIpc) is 3.30. The zero-order valence-corrected chi connectivity index (χ0v) is 14.4. The van der Waals surface area contributed by atoms with Crippen molar-refractivity contribution in [2.45, 2.75) is 6.43 Å². The van der Waals surface area contributed by atoms with Crippen LogP contribution in [0.15, 0.2) is 48.0 Å². The molecule has 9 heteroatoms. The van der Waals surface area contributed by atoms with Crippen molar-refractivity contribution in [1.29, 1.82) is 0 Å². The molecule has 0 aliphatic rings. The number of hydrogen-bond acceptors (Lipinski definition) is 4. The minimum absolute atomic E-state index is 0.0777. The minimum atomic E-state index is -2.86. The van der Waals surface area contributed by atoms with Gasteiger partial charge in [0.05, 0.1) is 11.1 Å². The summed E-state index contributed by atoms with van der Waals surface area (Å²) in [5.74, 6) is -1.04. The molecule has 0 saturated heterocycles. The number of rotatable bonds is 4. The normalized spacial score (nSPS) is 11.3. The first kappa shape index (κ1) is 17.2. The number of benzene rings is 2. The molecule has 2 heterocycles. The molecule has 2 aromatic heterocycles. The highest BCUT2D eigenvalue weighted by molar-refractivity contribution is 7.13. The predicted molar refractivity (Wildman–Crippen MR) is 96.5 cm³/mol. The Kier molecular flexibility index (Phi) is 4.36. The summed E-state index contributed by atoms with van der Waals surface area (Å²) in [6.07, 6.45) is -1.30. The van der Waals surface area contributed by atoms with Crippen molar-refractivity contribution in [2.75, 3.05) is 5.32 Å². The SMILES string of the molecule is O=C(Nc1nccs1)c1cccc2[nH]c(-c3ccc(F)cc3C(F)F)nc12. The zero-order chi connectivity index (χ0) is 19.0. The fraction of sp³-hybridized carbons (Fsp3) is 0.0556. The average molecular weight is 388 g/mol. The van der Waals surface area contributed by atoms with E-state index in [4.69, 9.17) is 0 Å². The maximum absolute atomic E-state index is 13.4. The first-order valence-electron chi connectivity index (χ1n) is 7.80. The Labute approximate surface area is 154 Å². The van der Waals surface area contributed by atoms with Crippen LogP contribution in [0.5, 0.6) is 0 Å². The topological polar surface area (TPSA) is 70.7 Å². The standard InChI is InChI=1S/C18H11F3N4OS/c19-9-4-5-10(12(8-9)15(20)21)16-23-13-3-1-2-11(14(13)24-16)17(26)25-18-22-6-7-27-18/h1-8,15H,(H,23,24)(H,22,25,26). The fourth-order valence-corrected chi connectivity index (χ4v) is 3.25. The quantitative estimate of drug-likeness (QED) is 0.516. The molecule has 0 aliphatic heterocycles. The van der Waals surface area contributed by atoms with Crippen LogP contribution in [0.3, 0.4) is 0 Å². The Morgan fingerprint density at radius 3 is 2.81 bits per heavy atom. The van der Waals surface area contributed by atoms with E-state index in [1.807, 2.05) is 0 Å². The van der Waals surface area contributed by atoms with Gasteiger partial charge in [-0.05, 0) is 30.3 Å². The number of H-pyrrole nitrogens is 1. The van der Waals surface area contributed by atoms with Crippen LogP contribution >= 0.6 is 11.3 Å². The molecule has 0 fully saturated rings. The Hall–Kier alpha value is -3.20. The molecule has 0 unspecified atom stereocenters. The lowest BCUT2D eigenvalue weighted by atomic mass is 10.1. The van der Waals surface area contributed by atoms with Crippen LogP contribution in [-0.2, 0) is 0 Å². The van der Waals surface area contributed by atoms with E-state index in [-0.39, 0.29) is 17.0 Å². The molecule has 0 radical (unpaired) electrons. The lowest BCUT2D eigenvalue weighted by molar-refractivity contribution is 0.102. The van der Waals surface area contributed by atoms with E-state index >= 15 is 0 Å². The number of nitrogens with zero attached hydrogens (tertiary/aromatic N) is 2. The largest absolute Gasteiger partial charge is 0.338 e. The van der Waals surface area contributed by atoms with E-state index in [2.05, 4.69) is 20.3 Å². The van der Waals surface area contributed by atoms with Gasteiger partial charge in [-0.3, -0.25) is 10.1 Å². The van der Waals surface area contributed by atoms with E-state index in [1.54, 1.807) is 29.8 Å². The second-order valence-electron chi connectivity index (χ2n) is 5.61. The Balaban J connectivity index is 1.79. The number of nitrogens with one attached hydrogen (secondary N) is 2. The third-order valence-electron chi connectivity index (χ3n) is 3.91. The molecular formula is C18H11F3N4OS. The van der Waals surface area contributed by atoms with Gasteiger partial charge in [0.15, 0.2) is 5.13 Å². The molecule has 0 atom stereocenters. The number of alkyl halides is 2. The highest BCUT2D eigenvalue weighted by Crippen LogP contribution is 2.32. The van der Waals surface area contributed by atoms with Gasteiger partial charge in [0.1, 0.15) is 17.2 Å². The highest BCUT2D eigenvalue weighted by atomic mass is 32.1. The molecular weight excluding hydrogens is 377 g/mol. The van der Waals surface area contributed by atoms with E-state index in [0.717, 1.165) is 12.1 Å². The summed E-state index contributed by atoms with van der Waals surface area (Å²) < 4.78 is 39.9. The molecule has 4 aromatic rings. The number of fused-ring (bicyclic) bond motifs is 1. The van der Waals surface area contributed by atoms with Crippen LogP contribution in [0, 0.1) is 5.82 Å². The zero-order valence-electron chi connectivity index (χ0n) is 13.5. The predicted octanol–water partition coefficient (Wildman–Crippen LogP) is 5.02. The summed E-state index contributed by atoms with van der Waals surface area (Å²) in [7, 11) is 0. The van der Waals surface area contributed by atoms with Crippen molar-refractivity contribution in [1.82, 2.24) is 15.0 Å². The molecule has 5 nitrogen and oxygen atoms in total. The first-order chi connectivity index (χ1) is 13.0. The van der Waals surface area contributed by atoms with Crippen LogP contribution in [-0.4, -0.2) is 20.9 Å². The monoisotopic (exact) mass is 388 g/mol. The molecule has 1 amide bonds. The Bertz CT molecular complexity index is 1130. The number of aromatic amines is 1. The van der Waals surface area contributed by atoms with Crippen molar-refractivity contribution < 1.29 is 18.0 Å². The number of para-hydroxylation sites is 1. The summed E-state index contributed by atoms with van der Waals surface area (Å²) in [5, 5.41) is 4.82. The molecule has 0 spiro atoms. The molecule has 0 aliphatic carbocycles. The minimum Gasteiger partial charge on any atom is -0.338 e. The second kappa shape index (κ2) is 6.84. The summed E-state index contributed by atoms with van der Waals surface area (Å²) >= 11 is 1.27. The summed E-state index contributed by atoms with van der Waals surface area (Å²) in [4.78, 5) is 23.8. The van der Waals surface area contributed by atoms with Gasteiger partial charge in [-0.2, -0.15) is 0 Å². The number of carbonyl (C=O) groups is 1. The number of halogens is 3. The van der Waals surface area contributed by atoms with Crippen LogP contribution in [0.2, 0.25) is 0 Å². The van der Waals surface area contributed by atoms with Crippen LogP contribution in [0.1, 0.15) is 22.3 Å². The van der Waals surface area contributed by atoms with Gasteiger partial charge in [0.25, 0.3) is 12.3 Å². The number of anilines is 1. The maximum atomic E-state index is 13.4. The third kappa shape index (κ3) is 3.28. The van der Waals surface area contributed by atoms with E-state index in [1.165, 1.54) is 17.4 Å². The third-order valence-corrected chi connectivity index (χ3v) is 4.60. The second-order valence-corrected chi connectivity index (χ2v) is 6.51. The molecule has 2 N–H and O–H groups in total. The smallest absolute Gasteiger partial charge is 0.264 e. The Morgan fingerprint density at radius 1 is 1.22 bits per heavy atom. The van der Waals surface area contributed by atoms with Gasteiger partial charge < -0.3 is 4.98 Å². The number of amides is 1. The molecule has 0 saturated carbocycles. The number of imidazole rings is 1. The highest BCUT2D eigenvalue weighted by Gasteiger charge is 2.20. The molecule has 4 rings (SSSR count). The number of hydrogen-bond donors (Lipinski definition) is 2. The fourth-order valence-electron chi connectivity index (χ4n) is 2.72. The van der Waals surface area contributed by atoms with Gasteiger partial charge in [-0.1, -0.05) is 6.07 Å². The summed E-state index contributed by atoms with van der Waals surface area (Å²) in [6.45, 7) is 0. The van der Waals surface area contributed by atoms with Crippen molar-refractivity contribution in [3.63, 3.8) is 0 Å². The number of carbonyl (C=O) groups excluding carboxylic acids is 1. The van der Waals surface area contributed by atoms with Gasteiger partial charge in [-0.25, -0.2) is 23.1 Å². The molecule has 2 aromatic carbocycles. The molecule has 136 valence electrons. The van der Waals surface area contributed by atoms with Crippen molar-refractivity contribution in [3.05, 3.63) is 64.9 Å².